The van der Waals surface area contributed by atoms with Crippen LogP contribution in [0.15, 0.2) is 41.1 Å². The molecule has 25 heavy (non-hydrogen) atoms. The molecular formula is C19H25N3O2S. The van der Waals surface area contributed by atoms with Crippen LogP contribution in [0.3, 0.4) is 0 Å². The van der Waals surface area contributed by atoms with Crippen LogP contribution in [0.25, 0.3) is 0 Å². The molecule has 1 heterocycles. The molecule has 134 valence electrons. The Bertz CT molecular complexity index is 698. The lowest BCUT2D eigenvalue weighted by Crippen LogP contribution is -2.46. The van der Waals surface area contributed by atoms with Gasteiger partial charge in [0.2, 0.25) is 11.8 Å². The van der Waals surface area contributed by atoms with E-state index in [0.717, 1.165) is 11.3 Å². The van der Waals surface area contributed by atoms with Gasteiger partial charge >= 0.3 is 0 Å². The van der Waals surface area contributed by atoms with Crippen LogP contribution in [0.2, 0.25) is 0 Å². The van der Waals surface area contributed by atoms with Gasteiger partial charge < -0.3 is 10.2 Å². The molecule has 0 aliphatic rings. The van der Waals surface area contributed by atoms with Crippen molar-refractivity contribution in [3.05, 3.63) is 52.2 Å². The summed E-state index contributed by atoms with van der Waals surface area (Å²) in [6.45, 7) is 4.60. The number of rotatable bonds is 7. The van der Waals surface area contributed by atoms with Gasteiger partial charge in [-0.2, -0.15) is 11.3 Å². The van der Waals surface area contributed by atoms with E-state index in [-0.39, 0.29) is 24.4 Å². The second kappa shape index (κ2) is 8.78. The van der Waals surface area contributed by atoms with Gasteiger partial charge in [0.15, 0.2) is 0 Å². The van der Waals surface area contributed by atoms with Crippen LogP contribution in [-0.2, 0) is 16.1 Å². The molecule has 2 amide bonds. The van der Waals surface area contributed by atoms with E-state index in [2.05, 4.69) is 16.8 Å². The van der Waals surface area contributed by atoms with Gasteiger partial charge in [0.1, 0.15) is 0 Å². The highest BCUT2D eigenvalue weighted by molar-refractivity contribution is 7.07. The monoisotopic (exact) mass is 359 g/mol. The summed E-state index contributed by atoms with van der Waals surface area (Å²) in [5.74, 6) is -0.274. The summed E-state index contributed by atoms with van der Waals surface area (Å²) in [7, 11) is 3.58. The Kier molecular flexibility index (Phi) is 6.73. The highest BCUT2D eigenvalue weighted by atomic mass is 32.1. The quantitative estimate of drug-likeness (QED) is 0.827. The molecule has 0 bridgehead atoms. The molecule has 6 heteroatoms. The molecule has 5 nitrogen and oxygen atoms in total. The Hall–Kier alpha value is -2.18. The van der Waals surface area contributed by atoms with Crippen molar-refractivity contribution in [2.24, 2.45) is 0 Å². The normalized spacial score (nSPS) is 12.0. The first-order valence-electron chi connectivity index (χ1n) is 8.19. The van der Waals surface area contributed by atoms with Crippen molar-refractivity contribution in [1.82, 2.24) is 9.80 Å². The van der Waals surface area contributed by atoms with Gasteiger partial charge in [-0.1, -0.05) is 17.7 Å². The molecular weight excluding hydrogens is 334 g/mol. The van der Waals surface area contributed by atoms with Crippen LogP contribution in [0, 0.1) is 6.92 Å². The molecule has 0 unspecified atom stereocenters. The number of likely N-dealkylation sites (N-methyl/N-ethyl adjacent to an activating group) is 2. The first-order valence-corrected chi connectivity index (χ1v) is 9.14. The van der Waals surface area contributed by atoms with Crippen LogP contribution in [0.1, 0.15) is 18.1 Å². The standard InChI is InChI=1S/C19H25N3O2S/c1-14-5-7-17(8-6-14)20-18(23)12-22(4)19(24)15(2)21(3)11-16-9-10-25-13-16/h5-10,13,15H,11-12H2,1-4H3,(H,20,23)/t15-/m0/s1. The van der Waals surface area contributed by atoms with E-state index in [0.29, 0.717) is 6.54 Å². The average Bonchev–Trinajstić information content (AvgIpc) is 3.08. The minimum Gasteiger partial charge on any atom is -0.335 e. The third-order valence-electron chi connectivity index (χ3n) is 4.12. The second-order valence-electron chi connectivity index (χ2n) is 6.33. The predicted octanol–water partition coefficient (Wildman–Crippen LogP) is 2.97. The summed E-state index contributed by atoms with van der Waals surface area (Å²) in [5, 5.41) is 6.92. The van der Waals surface area contributed by atoms with E-state index >= 15 is 0 Å². The number of carbonyl (C=O) groups is 2. The van der Waals surface area contributed by atoms with E-state index in [1.54, 1.807) is 18.4 Å². The zero-order chi connectivity index (χ0) is 18.4. The van der Waals surface area contributed by atoms with Crippen molar-refractivity contribution >= 4 is 28.8 Å². The maximum atomic E-state index is 12.6. The van der Waals surface area contributed by atoms with Gasteiger partial charge in [0.25, 0.3) is 0 Å². The van der Waals surface area contributed by atoms with Crippen molar-refractivity contribution in [2.75, 3.05) is 26.0 Å². The summed E-state index contributed by atoms with van der Waals surface area (Å²) in [5.41, 5.74) is 3.05. The van der Waals surface area contributed by atoms with Crippen LogP contribution in [0.4, 0.5) is 5.69 Å². The number of amides is 2. The van der Waals surface area contributed by atoms with Crippen molar-refractivity contribution in [3.8, 4) is 0 Å². The molecule has 0 aliphatic heterocycles. The van der Waals surface area contributed by atoms with E-state index < -0.39 is 0 Å². The van der Waals surface area contributed by atoms with Gasteiger partial charge in [0, 0.05) is 19.3 Å². The second-order valence-corrected chi connectivity index (χ2v) is 7.11. The number of aryl methyl sites for hydroxylation is 1. The zero-order valence-electron chi connectivity index (χ0n) is 15.2. The minimum atomic E-state index is -0.294. The minimum absolute atomic E-state index is 0.0311. The van der Waals surface area contributed by atoms with Crippen LogP contribution >= 0.6 is 11.3 Å². The molecule has 2 rings (SSSR count). The van der Waals surface area contributed by atoms with Gasteiger partial charge in [-0.3, -0.25) is 14.5 Å². The summed E-state index contributed by atoms with van der Waals surface area (Å²) in [6.07, 6.45) is 0. The van der Waals surface area contributed by atoms with Crippen molar-refractivity contribution in [1.29, 1.82) is 0 Å². The Morgan fingerprint density at radius 1 is 1.16 bits per heavy atom. The molecule has 1 aromatic carbocycles. The molecule has 1 N–H and O–H groups in total. The highest BCUT2D eigenvalue weighted by Gasteiger charge is 2.23. The molecule has 1 atom stereocenters. The molecule has 0 spiro atoms. The fraction of sp³-hybridized carbons (Fsp3) is 0.368. The first kappa shape index (κ1) is 19.1. The van der Waals surface area contributed by atoms with Crippen LogP contribution in [0.5, 0.6) is 0 Å². The van der Waals surface area contributed by atoms with Gasteiger partial charge in [-0.15, -0.1) is 0 Å². The van der Waals surface area contributed by atoms with E-state index in [9.17, 15) is 9.59 Å². The number of nitrogens with one attached hydrogen (secondary N) is 1. The smallest absolute Gasteiger partial charge is 0.243 e. The number of nitrogens with zero attached hydrogens (tertiary/aromatic N) is 2. The summed E-state index contributed by atoms with van der Waals surface area (Å²) >= 11 is 1.64. The maximum Gasteiger partial charge on any atom is 0.243 e. The number of anilines is 1. The third kappa shape index (κ3) is 5.69. The number of benzene rings is 1. The van der Waals surface area contributed by atoms with Crippen molar-refractivity contribution in [3.63, 3.8) is 0 Å². The Morgan fingerprint density at radius 2 is 1.84 bits per heavy atom. The summed E-state index contributed by atoms with van der Waals surface area (Å²) in [6, 6.07) is 9.34. The lowest BCUT2D eigenvalue weighted by atomic mass is 10.2. The summed E-state index contributed by atoms with van der Waals surface area (Å²) in [4.78, 5) is 28.2. The molecule has 0 saturated heterocycles. The first-order chi connectivity index (χ1) is 11.9. The number of thiophene rings is 1. The van der Waals surface area contributed by atoms with E-state index in [1.165, 1.54) is 10.5 Å². The third-order valence-corrected chi connectivity index (χ3v) is 4.86. The van der Waals surface area contributed by atoms with Crippen LogP contribution in [-0.4, -0.2) is 48.3 Å². The molecule has 2 aromatic rings. The van der Waals surface area contributed by atoms with Gasteiger partial charge in [0.05, 0.1) is 12.6 Å². The number of hydrogen-bond acceptors (Lipinski definition) is 4. The lowest BCUT2D eigenvalue weighted by Gasteiger charge is -2.27. The van der Waals surface area contributed by atoms with Gasteiger partial charge in [-0.25, -0.2) is 0 Å². The van der Waals surface area contributed by atoms with E-state index in [4.69, 9.17) is 0 Å². The fourth-order valence-electron chi connectivity index (χ4n) is 2.45. The Balaban J connectivity index is 1.85. The number of carbonyl (C=O) groups excluding carboxylic acids is 2. The predicted molar refractivity (Wildman–Crippen MR) is 103 cm³/mol. The Morgan fingerprint density at radius 3 is 2.44 bits per heavy atom. The lowest BCUT2D eigenvalue weighted by molar-refractivity contribution is -0.137. The highest BCUT2D eigenvalue weighted by Crippen LogP contribution is 2.12. The van der Waals surface area contributed by atoms with Crippen molar-refractivity contribution in [2.45, 2.75) is 26.4 Å². The molecule has 0 saturated carbocycles. The fourth-order valence-corrected chi connectivity index (χ4v) is 3.11. The molecule has 0 aliphatic carbocycles. The topological polar surface area (TPSA) is 52.7 Å². The molecule has 0 fully saturated rings. The maximum absolute atomic E-state index is 12.6. The Labute approximate surface area is 153 Å². The molecule has 0 radical (unpaired) electrons. The number of hydrogen-bond donors (Lipinski definition) is 1. The largest absolute Gasteiger partial charge is 0.335 e. The van der Waals surface area contributed by atoms with Crippen molar-refractivity contribution < 1.29 is 9.59 Å². The summed E-state index contributed by atoms with van der Waals surface area (Å²) < 4.78 is 0. The molecule has 1 aromatic heterocycles. The average molecular weight is 359 g/mol. The SMILES string of the molecule is Cc1ccc(NC(=O)CN(C)C(=O)[C@H](C)N(C)Cc2ccsc2)cc1. The van der Waals surface area contributed by atoms with E-state index in [1.807, 2.05) is 55.4 Å². The van der Waals surface area contributed by atoms with Gasteiger partial charge in [-0.05, 0) is 55.4 Å². The zero-order valence-corrected chi connectivity index (χ0v) is 16.0. The van der Waals surface area contributed by atoms with Crippen LogP contribution < -0.4 is 5.32 Å².